The summed E-state index contributed by atoms with van der Waals surface area (Å²) >= 11 is 0. The molecule has 1 atom stereocenters. The molecule has 1 aromatic carbocycles. The number of nitrogens with zero attached hydrogens (tertiary/aromatic N) is 1. The Hall–Kier alpha value is -1.39. The second-order valence-corrected chi connectivity index (χ2v) is 12.1. The molecule has 0 bridgehead atoms. The highest BCUT2D eigenvalue weighted by Gasteiger charge is 2.30. The van der Waals surface area contributed by atoms with Crippen LogP contribution in [0.4, 0.5) is 0 Å². The highest BCUT2D eigenvalue weighted by Crippen LogP contribution is 2.35. The molecule has 0 saturated carbocycles. The lowest BCUT2D eigenvalue weighted by Gasteiger charge is -2.35. The molecular weight excluding hydrogens is 366 g/mol. The molecule has 0 fully saturated rings. The Bertz CT molecular complexity index is 827. The smallest absolute Gasteiger partial charge is 0.178 e. The fraction of sp³-hybridized carbons (Fsp3) is 0.583. The highest BCUT2D eigenvalue weighted by molar-refractivity contribution is 7.91. The van der Waals surface area contributed by atoms with E-state index in [-0.39, 0.29) is 16.7 Å². The van der Waals surface area contributed by atoms with Gasteiger partial charge in [0.1, 0.15) is 0 Å². The molecule has 0 heterocycles. The summed E-state index contributed by atoms with van der Waals surface area (Å²) in [7, 11) is -1.10. The molecule has 0 radical (unpaired) electrons. The van der Waals surface area contributed by atoms with Gasteiger partial charge in [-0.15, -0.1) is 0 Å². The summed E-state index contributed by atoms with van der Waals surface area (Å²) in [4.78, 5) is 2.80. The van der Waals surface area contributed by atoms with Gasteiger partial charge in [-0.25, -0.2) is 8.42 Å². The monoisotopic (exact) mass is 403 g/mol. The normalized spacial score (nSPS) is 18.8. The summed E-state index contributed by atoms with van der Waals surface area (Å²) in [5.74, 6) is 0.658. The fourth-order valence-electron chi connectivity index (χ4n) is 3.72. The number of sulfone groups is 1. The first-order valence-electron chi connectivity index (χ1n) is 10.2. The third kappa shape index (κ3) is 6.31. The Balaban J connectivity index is 2.08. The highest BCUT2D eigenvalue weighted by atomic mass is 32.2. The Kier molecular flexibility index (Phi) is 6.99. The van der Waals surface area contributed by atoms with Gasteiger partial charge in [-0.1, -0.05) is 62.3 Å². The summed E-state index contributed by atoms with van der Waals surface area (Å²) in [5, 5.41) is 0. The molecule has 0 aliphatic heterocycles. The summed E-state index contributed by atoms with van der Waals surface area (Å²) in [6.45, 7) is 14.1. The number of benzene rings is 1. The molecule has 4 heteroatoms. The van der Waals surface area contributed by atoms with E-state index in [1.54, 1.807) is 24.3 Å². The molecule has 156 valence electrons. The predicted molar refractivity (Wildman–Crippen MR) is 119 cm³/mol. The van der Waals surface area contributed by atoms with Crippen molar-refractivity contribution in [2.45, 2.75) is 64.8 Å². The average molecular weight is 404 g/mol. The van der Waals surface area contributed by atoms with Crippen LogP contribution in [-0.2, 0) is 9.84 Å². The third-order valence-electron chi connectivity index (χ3n) is 5.69. The number of likely N-dealkylation sites (N-methyl/N-ethyl adjacent to an activating group) is 1. The molecule has 0 amide bonds. The first-order valence-corrected chi connectivity index (χ1v) is 11.8. The molecule has 28 heavy (non-hydrogen) atoms. The second kappa shape index (κ2) is 8.54. The first-order chi connectivity index (χ1) is 12.8. The van der Waals surface area contributed by atoms with Crippen LogP contribution in [0.15, 0.2) is 58.5 Å². The minimum Gasteiger partial charge on any atom is -0.298 e. The van der Waals surface area contributed by atoms with Crippen LogP contribution in [0.25, 0.3) is 0 Å². The number of rotatable bonds is 7. The van der Waals surface area contributed by atoms with E-state index in [4.69, 9.17) is 0 Å². The van der Waals surface area contributed by atoms with Crippen molar-refractivity contribution < 1.29 is 8.42 Å². The van der Waals surface area contributed by atoms with Crippen LogP contribution < -0.4 is 0 Å². The number of hydrogen-bond acceptors (Lipinski definition) is 3. The van der Waals surface area contributed by atoms with Gasteiger partial charge in [0.2, 0.25) is 0 Å². The van der Waals surface area contributed by atoms with Crippen LogP contribution >= 0.6 is 0 Å². The van der Waals surface area contributed by atoms with Crippen molar-refractivity contribution in [3.63, 3.8) is 0 Å². The number of allylic oxidation sites excluding steroid dienone is 3. The zero-order valence-corrected chi connectivity index (χ0v) is 19.4. The standard InChI is InChI=1S/C24H37NO2S/c1-19-15-20(13-14-21(19)17-25(7)23(2,3)4)16-24(5,6)18-28(26,27)22-11-9-8-10-12-22/h8-14,19H,15-18H2,1-7H3. The van der Waals surface area contributed by atoms with E-state index in [2.05, 4.69) is 65.6 Å². The van der Waals surface area contributed by atoms with Crippen molar-refractivity contribution in [1.29, 1.82) is 0 Å². The quantitative estimate of drug-likeness (QED) is 0.603. The lowest BCUT2D eigenvalue weighted by Crippen LogP contribution is -2.40. The lowest BCUT2D eigenvalue weighted by molar-refractivity contribution is 0.186. The van der Waals surface area contributed by atoms with Crippen molar-refractivity contribution >= 4 is 9.84 Å². The average Bonchev–Trinajstić information content (AvgIpc) is 2.56. The van der Waals surface area contributed by atoms with E-state index in [9.17, 15) is 8.42 Å². The van der Waals surface area contributed by atoms with E-state index in [1.807, 2.05) is 6.07 Å². The van der Waals surface area contributed by atoms with Gasteiger partial charge in [0, 0.05) is 12.1 Å². The van der Waals surface area contributed by atoms with Gasteiger partial charge in [0.25, 0.3) is 0 Å². The van der Waals surface area contributed by atoms with Crippen molar-refractivity contribution in [2.24, 2.45) is 11.3 Å². The summed E-state index contributed by atoms with van der Waals surface area (Å²) in [6, 6.07) is 8.79. The maximum absolute atomic E-state index is 12.8. The molecule has 0 N–H and O–H groups in total. The van der Waals surface area contributed by atoms with Crippen LogP contribution in [0.1, 0.15) is 54.4 Å². The van der Waals surface area contributed by atoms with Crippen LogP contribution in [-0.4, -0.2) is 38.2 Å². The Morgan fingerprint density at radius 1 is 1.04 bits per heavy atom. The van der Waals surface area contributed by atoms with Gasteiger partial charge in [-0.05, 0) is 64.1 Å². The molecule has 1 aliphatic rings. The largest absolute Gasteiger partial charge is 0.298 e. The van der Waals surface area contributed by atoms with Crippen LogP contribution in [0, 0.1) is 11.3 Å². The molecule has 2 rings (SSSR count). The zero-order valence-electron chi connectivity index (χ0n) is 18.6. The van der Waals surface area contributed by atoms with E-state index in [0.717, 1.165) is 19.4 Å². The van der Waals surface area contributed by atoms with E-state index in [0.29, 0.717) is 10.8 Å². The number of hydrogen-bond donors (Lipinski definition) is 0. The maximum atomic E-state index is 12.8. The molecule has 0 spiro atoms. The maximum Gasteiger partial charge on any atom is 0.178 e. The van der Waals surface area contributed by atoms with Crippen molar-refractivity contribution in [1.82, 2.24) is 4.90 Å². The minimum atomic E-state index is -3.27. The van der Waals surface area contributed by atoms with Gasteiger partial charge >= 0.3 is 0 Å². The lowest BCUT2D eigenvalue weighted by atomic mass is 9.80. The Labute approximate surface area is 172 Å². The third-order valence-corrected chi connectivity index (χ3v) is 7.84. The van der Waals surface area contributed by atoms with Gasteiger partial charge in [0.05, 0.1) is 10.6 Å². The van der Waals surface area contributed by atoms with Crippen LogP contribution in [0.3, 0.4) is 0 Å². The summed E-state index contributed by atoms with van der Waals surface area (Å²) < 4.78 is 25.6. The summed E-state index contributed by atoms with van der Waals surface area (Å²) in [6.07, 6.45) is 6.30. The SMILES string of the molecule is CC1CC(CC(C)(C)CS(=O)(=O)c2ccccc2)=CC=C1CN(C)C(C)(C)C. The molecule has 1 aromatic rings. The molecule has 1 unspecified atom stereocenters. The Morgan fingerprint density at radius 2 is 1.64 bits per heavy atom. The molecule has 0 saturated heterocycles. The van der Waals surface area contributed by atoms with Gasteiger partial charge in [-0.2, -0.15) is 0 Å². The molecule has 1 aliphatic carbocycles. The molecule has 0 aromatic heterocycles. The van der Waals surface area contributed by atoms with Crippen molar-refractivity contribution in [2.75, 3.05) is 19.3 Å². The zero-order chi connectivity index (χ0) is 21.2. The van der Waals surface area contributed by atoms with Crippen LogP contribution in [0.2, 0.25) is 0 Å². The van der Waals surface area contributed by atoms with Gasteiger partial charge in [-0.3, -0.25) is 4.90 Å². The van der Waals surface area contributed by atoms with Gasteiger partial charge < -0.3 is 0 Å². The van der Waals surface area contributed by atoms with E-state index >= 15 is 0 Å². The van der Waals surface area contributed by atoms with Crippen LogP contribution in [0.5, 0.6) is 0 Å². The fourth-order valence-corrected chi connectivity index (χ4v) is 5.59. The van der Waals surface area contributed by atoms with Crippen molar-refractivity contribution in [3.05, 3.63) is 53.6 Å². The topological polar surface area (TPSA) is 37.4 Å². The second-order valence-electron chi connectivity index (χ2n) is 10.1. The predicted octanol–water partition coefficient (Wildman–Crippen LogP) is 5.50. The Morgan fingerprint density at radius 3 is 2.18 bits per heavy atom. The summed E-state index contributed by atoms with van der Waals surface area (Å²) in [5.41, 5.74) is 2.66. The van der Waals surface area contributed by atoms with E-state index in [1.165, 1.54) is 11.1 Å². The van der Waals surface area contributed by atoms with Gasteiger partial charge in [0.15, 0.2) is 9.84 Å². The minimum absolute atomic E-state index is 0.151. The molecular formula is C24H37NO2S. The van der Waals surface area contributed by atoms with Crippen molar-refractivity contribution in [3.8, 4) is 0 Å². The first kappa shape index (κ1) is 22.9. The van der Waals surface area contributed by atoms with E-state index < -0.39 is 9.84 Å². The molecule has 3 nitrogen and oxygen atoms in total.